The lowest BCUT2D eigenvalue weighted by atomic mass is 10.2. The van der Waals surface area contributed by atoms with Crippen molar-refractivity contribution in [2.75, 3.05) is 6.26 Å². The van der Waals surface area contributed by atoms with Crippen LogP contribution in [0.3, 0.4) is 0 Å². The Morgan fingerprint density at radius 3 is 2.72 bits per heavy atom. The van der Waals surface area contributed by atoms with Gasteiger partial charge in [0.15, 0.2) is 0 Å². The third-order valence-electron chi connectivity index (χ3n) is 2.06. The van der Waals surface area contributed by atoms with Gasteiger partial charge in [0.25, 0.3) is 5.89 Å². The molecule has 8 heteroatoms. The van der Waals surface area contributed by atoms with Gasteiger partial charge in [0.1, 0.15) is 5.82 Å². The Kier molecular flexibility index (Phi) is 3.39. The van der Waals surface area contributed by atoms with Crippen LogP contribution in [0.1, 0.15) is 5.89 Å². The normalized spacial score (nSPS) is 11.7. The molecule has 96 valence electrons. The zero-order chi connectivity index (χ0) is 13.2. The molecule has 0 atom stereocenters. The van der Waals surface area contributed by atoms with Crippen LogP contribution in [-0.4, -0.2) is 24.9 Å². The lowest BCUT2D eigenvalue weighted by Gasteiger charge is -1.97. The first kappa shape index (κ1) is 12.7. The largest absolute Gasteiger partial charge is 0.419 e. The summed E-state index contributed by atoms with van der Waals surface area (Å²) in [5.74, 6) is -0.402. The molecule has 0 spiro atoms. The van der Waals surface area contributed by atoms with E-state index in [-0.39, 0.29) is 23.9 Å². The lowest BCUT2D eigenvalue weighted by Crippen LogP contribution is -2.21. The van der Waals surface area contributed by atoms with E-state index < -0.39 is 15.8 Å². The van der Waals surface area contributed by atoms with Gasteiger partial charge in [0.05, 0.1) is 18.4 Å². The second kappa shape index (κ2) is 4.83. The maximum atomic E-state index is 13.4. The first-order chi connectivity index (χ1) is 8.46. The van der Waals surface area contributed by atoms with Gasteiger partial charge in [-0.05, 0) is 12.1 Å². The van der Waals surface area contributed by atoms with Crippen molar-refractivity contribution in [1.29, 1.82) is 0 Å². The average Bonchev–Trinajstić information content (AvgIpc) is 2.75. The molecule has 6 nitrogen and oxygen atoms in total. The van der Waals surface area contributed by atoms with Crippen molar-refractivity contribution in [2.45, 2.75) is 6.54 Å². The van der Waals surface area contributed by atoms with Gasteiger partial charge in [-0.15, -0.1) is 10.2 Å². The highest BCUT2D eigenvalue weighted by Crippen LogP contribution is 2.20. The lowest BCUT2D eigenvalue weighted by molar-refractivity contribution is 0.491. The number of benzene rings is 1. The predicted molar refractivity (Wildman–Crippen MR) is 61.4 cm³/mol. The molecule has 0 saturated heterocycles. The fraction of sp³-hybridized carbons (Fsp3) is 0.200. The molecule has 2 aromatic rings. The first-order valence-corrected chi connectivity index (χ1v) is 6.87. The predicted octanol–water partition coefficient (Wildman–Crippen LogP) is 0.925. The molecule has 2 rings (SSSR count). The number of hydrogen-bond donors (Lipinski definition) is 1. The smallest absolute Gasteiger partial charge is 0.250 e. The summed E-state index contributed by atoms with van der Waals surface area (Å²) >= 11 is 0. The van der Waals surface area contributed by atoms with Gasteiger partial charge in [0, 0.05) is 0 Å². The Morgan fingerprint density at radius 1 is 1.33 bits per heavy atom. The molecule has 0 aliphatic carbocycles. The molecule has 0 unspecified atom stereocenters. The summed E-state index contributed by atoms with van der Waals surface area (Å²) in [6.45, 7) is -0.125. The number of nitrogens with zero attached hydrogens (tertiary/aromatic N) is 2. The van der Waals surface area contributed by atoms with Gasteiger partial charge in [-0.2, -0.15) is 0 Å². The summed E-state index contributed by atoms with van der Waals surface area (Å²) in [5, 5.41) is 7.28. The van der Waals surface area contributed by atoms with Crippen molar-refractivity contribution in [2.24, 2.45) is 0 Å². The Labute approximate surface area is 103 Å². The van der Waals surface area contributed by atoms with E-state index in [0.29, 0.717) is 0 Å². The van der Waals surface area contributed by atoms with Crippen LogP contribution in [0.2, 0.25) is 0 Å². The fourth-order valence-corrected chi connectivity index (χ4v) is 1.65. The molecule has 0 aliphatic heterocycles. The van der Waals surface area contributed by atoms with E-state index in [2.05, 4.69) is 14.9 Å². The SMILES string of the molecule is CS(=O)(=O)NCc1nnc(-c2ccccc2F)o1. The van der Waals surface area contributed by atoms with Crippen molar-refractivity contribution in [3.63, 3.8) is 0 Å². The summed E-state index contributed by atoms with van der Waals surface area (Å²) in [6.07, 6.45) is 1.02. The highest BCUT2D eigenvalue weighted by molar-refractivity contribution is 7.88. The Morgan fingerprint density at radius 2 is 2.06 bits per heavy atom. The monoisotopic (exact) mass is 271 g/mol. The minimum absolute atomic E-state index is 0.0124. The fourth-order valence-electron chi connectivity index (χ4n) is 1.26. The van der Waals surface area contributed by atoms with Crippen LogP contribution >= 0.6 is 0 Å². The molecule has 1 aromatic heterocycles. The summed E-state index contributed by atoms with van der Waals surface area (Å²) in [5.41, 5.74) is 0.176. The van der Waals surface area contributed by atoms with Crippen LogP contribution in [0.4, 0.5) is 4.39 Å². The van der Waals surface area contributed by atoms with Crippen molar-refractivity contribution < 1.29 is 17.2 Å². The molecule has 0 bridgehead atoms. The Bertz CT molecular complexity index is 654. The van der Waals surface area contributed by atoms with Crippen LogP contribution in [0.15, 0.2) is 28.7 Å². The maximum Gasteiger partial charge on any atom is 0.250 e. The molecule has 0 aliphatic rings. The second-order valence-corrected chi connectivity index (χ2v) is 5.41. The third-order valence-corrected chi connectivity index (χ3v) is 2.73. The molecule has 1 N–H and O–H groups in total. The van der Waals surface area contributed by atoms with Gasteiger partial charge in [-0.25, -0.2) is 17.5 Å². The minimum Gasteiger partial charge on any atom is -0.419 e. The van der Waals surface area contributed by atoms with Crippen LogP contribution in [0.5, 0.6) is 0 Å². The van der Waals surface area contributed by atoms with E-state index in [1.807, 2.05) is 0 Å². The standard InChI is InChI=1S/C10H10FN3O3S/c1-18(15,16)12-6-9-13-14-10(17-9)7-4-2-3-5-8(7)11/h2-5,12H,6H2,1H3. The van der Waals surface area contributed by atoms with Gasteiger partial charge in [-0.3, -0.25) is 0 Å². The van der Waals surface area contributed by atoms with E-state index in [1.165, 1.54) is 12.1 Å². The minimum atomic E-state index is -3.34. The van der Waals surface area contributed by atoms with Gasteiger partial charge in [0.2, 0.25) is 15.9 Å². The molecule has 1 aromatic carbocycles. The quantitative estimate of drug-likeness (QED) is 0.894. The van der Waals surface area contributed by atoms with Crippen molar-refractivity contribution >= 4 is 10.0 Å². The van der Waals surface area contributed by atoms with Crippen LogP contribution in [-0.2, 0) is 16.6 Å². The number of hydrogen-bond acceptors (Lipinski definition) is 5. The summed E-state index contributed by atoms with van der Waals surface area (Å²) in [6, 6.07) is 5.95. The van der Waals surface area contributed by atoms with E-state index in [9.17, 15) is 12.8 Å². The molecular formula is C10H10FN3O3S. The van der Waals surface area contributed by atoms with Crippen LogP contribution in [0, 0.1) is 5.82 Å². The third kappa shape index (κ3) is 3.11. The van der Waals surface area contributed by atoms with E-state index in [4.69, 9.17) is 4.42 Å². The van der Waals surface area contributed by atoms with Crippen LogP contribution < -0.4 is 4.72 Å². The number of halogens is 1. The summed E-state index contributed by atoms with van der Waals surface area (Å²) in [7, 11) is -3.34. The van der Waals surface area contributed by atoms with Gasteiger partial charge < -0.3 is 4.42 Å². The molecule has 0 amide bonds. The Balaban J connectivity index is 2.19. The number of aromatic nitrogens is 2. The van der Waals surface area contributed by atoms with E-state index >= 15 is 0 Å². The zero-order valence-electron chi connectivity index (χ0n) is 9.42. The van der Waals surface area contributed by atoms with Crippen molar-refractivity contribution in [3.05, 3.63) is 36.0 Å². The molecule has 18 heavy (non-hydrogen) atoms. The molecule has 0 fully saturated rings. The Hall–Kier alpha value is -1.80. The van der Waals surface area contributed by atoms with Crippen molar-refractivity contribution in [1.82, 2.24) is 14.9 Å². The van der Waals surface area contributed by atoms with E-state index in [0.717, 1.165) is 6.26 Å². The molecule has 0 saturated carbocycles. The topological polar surface area (TPSA) is 85.1 Å². The first-order valence-electron chi connectivity index (χ1n) is 4.97. The van der Waals surface area contributed by atoms with Crippen molar-refractivity contribution in [3.8, 4) is 11.5 Å². The maximum absolute atomic E-state index is 13.4. The van der Waals surface area contributed by atoms with Gasteiger partial charge >= 0.3 is 0 Å². The highest BCUT2D eigenvalue weighted by atomic mass is 32.2. The van der Waals surface area contributed by atoms with Gasteiger partial charge in [-0.1, -0.05) is 12.1 Å². The number of rotatable bonds is 4. The summed E-state index contributed by atoms with van der Waals surface area (Å²) < 4.78 is 42.5. The molecular weight excluding hydrogens is 261 g/mol. The number of sulfonamides is 1. The summed E-state index contributed by atoms with van der Waals surface area (Å²) in [4.78, 5) is 0. The highest BCUT2D eigenvalue weighted by Gasteiger charge is 2.13. The second-order valence-electron chi connectivity index (χ2n) is 3.57. The molecule has 0 radical (unpaired) electrons. The van der Waals surface area contributed by atoms with E-state index in [1.54, 1.807) is 12.1 Å². The zero-order valence-corrected chi connectivity index (χ0v) is 10.2. The van der Waals surface area contributed by atoms with Crippen LogP contribution in [0.25, 0.3) is 11.5 Å². The molecule has 1 heterocycles. The average molecular weight is 271 g/mol. The number of nitrogens with one attached hydrogen (secondary N) is 1.